The maximum absolute atomic E-state index is 10.9. The highest BCUT2D eigenvalue weighted by atomic mass is 32.2. The van der Waals surface area contributed by atoms with Crippen LogP contribution in [0.15, 0.2) is 23.8 Å². The minimum Gasteiger partial charge on any atom is -0.289 e. The summed E-state index contributed by atoms with van der Waals surface area (Å²) in [5, 5.41) is 8.49. The molecule has 5 nitrogen and oxygen atoms in total. The minimum atomic E-state index is -4.09. The normalized spacial score (nSPS) is 21.6. The van der Waals surface area contributed by atoms with Gasteiger partial charge in [-0.15, -0.1) is 0 Å². The maximum Gasteiger partial charge on any atom is 0.265 e. The summed E-state index contributed by atoms with van der Waals surface area (Å²) >= 11 is 0. The Bertz CT molecular complexity index is 452. The Morgan fingerprint density at radius 2 is 2.21 bits per heavy atom. The number of allylic oxidation sites excluding steroid dienone is 4. The van der Waals surface area contributed by atoms with Gasteiger partial charge in [-0.1, -0.05) is 12.2 Å². The average Bonchev–Trinajstić information content (AvgIpc) is 2.06. The number of hydrogen-bond donors (Lipinski definition) is 1. The molecule has 0 aliphatic heterocycles. The molecule has 0 aromatic heterocycles. The van der Waals surface area contributed by atoms with Crippen LogP contribution in [0, 0.1) is 17.2 Å². The van der Waals surface area contributed by atoms with E-state index >= 15 is 0 Å². The third-order valence-corrected chi connectivity index (χ3v) is 2.47. The van der Waals surface area contributed by atoms with Gasteiger partial charge in [-0.3, -0.25) is 9.35 Å². The average molecular weight is 213 g/mol. The Hall–Kier alpha value is -1.45. The van der Waals surface area contributed by atoms with Crippen LogP contribution in [-0.4, -0.2) is 24.5 Å². The lowest BCUT2D eigenvalue weighted by molar-refractivity contribution is -0.111. The van der Waals surface area contributed by atoms with Crippen molar-refractivity contribution in [2.45, 2.75) is 0 Å². The molecule has 0 radical (unpaired) electrons. The lowest BCUT2D eigenvalue weighted by Gasteiger charge is -2.09. The molecule has 0 bridgehead atoms. The largest absolute Gasteiger partial charge is 0.289 e. The molecular weight excluding hydrogens is 206 g/mol. The molecule has 0 aromatic rings. The molecule has 0 aromatic carbocycles. The predicted octanol–water partition coefficient (Wildman–Crippen LogP) is 0.0793. The summed E-state index contributed by atoms with van der Waals surface area (Å²) < 4.78 is 29.5. The molecule has 0 heterocycles. The zero-order chi connectivity index (χ0) is 10.8. The van der Waals surface area contributed by atoms with Crippen LogP contribution < -0.4 is 0 Å². The van der Waals surface area contributed by atoms with Crippen molar-refractivity contribution >= 4 is 15.9 Å². The number of hydrogen-bond acceptors (Lipinski definition) is 4. The van der Waals surface area contributed by atoms with E-state index in [1.165, 1.54) is 12.2 Å². The number of nitriles is 1. The van der Waals surface area contributed by atoms with Crippen molar-refractivity contribution in [1.82, 2.24) is 0 Å². The van der Waals surface area contributed by atoms with Crippen molar-refractivity contribution in [2.24, 2.45) is 5.92 Å². The van der Waals surface area contributed by atoms with E-state index in [1.54, 1.807) is 6.07 Å². The number of rotatable bonds is 2. The van der Waals surface area contributed by atoms with Gasteiger partial charge in [0.2, 0.25) is 0 Å². The van der Waals surface area contributed by atoms with Crippen LogP contribution in [0.5, 0.6) is 0 Å². The lowest BCUT2D eigenvalue weighted by atomic mass is 9.98. The monoisotopic (exact) mass is 213 g/mol. The Kier molecular flexibility index (Phi) is 2.84. The molecule has 0 fully saturated rings. The molecule has 1 N–H and O–H groups in total. The van der Waals surface area contributed by atoms with E-state index in [2.05, 4.69) is 0 Å². The highest BCUT2D eigenvalue weighted by Gasteiger charge is 2.19. The minimum absolute atomic E-state index is 0.0962. The molecule has 0 saturated carbocycles. The molecule has 74 valence electrons. The Morgan fingerprint density at radius 3 is 2.71 bits per heavy atom. The molecular formula is C8H7NO4S. The fourth-order valence-corrected chi connectivity index (χ4v) is 1.79. The molecule has 1 aliphatic carbocycles. The summed E-state index contributed by atoms with van der Waals surface area (Å²) in [7, 11) is -4.09. The van der Waals surface area contributed by atoms with E-state index in [0.717, 1.165) is 6.08 Å². The highest BCUT2D eigenvalue weighted by molar-refractivity contribution is 7.85. The number of carbonyl (C=O) groups excluding carboxylic acids is 1. The molecule has 1 rings (SSSR count). The van der Waals surface area contributed by atoms with Crippen molar-refractivity contribution in [3.05, 3.63) is 23.8 Å². The third kappa shape index (κ3) is 2.80. The first-order chi connectivity index (χ1) is 6.42. The molecule has 1 unspecified atom stereocenters. The SMILES string of the molecule is N#CC1=CC(CS(=O)(=O)O)C=CC1=O. The molecule has 0 spiro atoms. The summed E-state index contributed by atoms with van der Waals surface area (Å²) in [5.41, 5.74) is -0.0962. The van der Waals surface area contributed by atoms with E-state index in [1.807, 2.05) is 0 Å². The quantitative estimate of drug-likeness (QED) is 0.655. The summed E-state index contributed by atoms with van der Waals surface area (Å²) in [6, 6.07) is 1.65. The summed E-state index contributed by atoms with van der Waals surface area (Å²) in [5.74, 6) is -1.57. The summed E-state index contributed by atoms with van der Waals surface area (Å²) in [4.78, 5) is 10.9. The van der Waals surface area contributed by atoms with E-state index in [0.29, 0.717) is 0 Å². The Labute approximate surface area is 81.1 Å². The van der Waals surface area contributed by atoms with Crippen LogP contribution >= 0.6 is 0 Å². The van der Waals surface area contributed by atoms with Crippen molar-refractivity contribution < 1.29 is 17.8 Å². The van der Waals surface area contributed by atoms with Crippen LogP contribution in [0.25, 0.3) is 0 Å². The molecule has 0 saturated heterocycles. The van der Waals surface area contributed by atoms with Crippen molar-refractivity contribution in [3.63, 3.8) is 0 Å². The Balaban J connectivity index is 2.87. The van der Waals surface area contributed by atoms with Gasteiger partial charge >= 0.3 is 0 Å². The van der Waals surface area contributed by atoms with Gasteiger partial charge < -0.3 is 0 Å². The zero-order valence-corrected chi connectivity index (χ0v) is 7.86. The second-order valence-electron chi connectivity index (χ2n) is 2.83. The van der Waals surface area contributed by atoms with Crippen LogP contribution in [0.3, 0.4) is 0 Å². The maximum atomic E-state index is 10.9. The van der Waals surface area contributed by atoms with Crippen LogP contribution in [0.1, 0.15) is 0 Å². The van der Waals surface area contributed by atoms with Gasteiger partial charge in [-0.25, -0.2) is 0 Å². The second kappa shape index (κ2) is 3.74. The Morgan fingerprint density at radius 1 is 1.57 bits per heavy atom. The molecule has 14 heavy (non-hydrogen) atoms. The fourth-order valence-electron chi connectivity index (χ4n) is 1.09. The van der Waals surface area contributed by atoms with Crippen LogP contribution in [0.2, 0.25) is 0 Å². The second-order valence-corrected chi connectivity index (χ2v) is 4.33. The van der Waals surface area contributed by atoms with Crippen molar-refractivity contribution in [3.8, 4) is 6.07 Å². The number of ketones is 1. The summed E-state index contributed by atoms with van der Waals surface area (Å²) in [6.45, 7) is 0. The highest BCUT2D eigenvalue weighted by Crippen LogP contribution is 2.14. The van der Waals surface area contributed by atoms with Crippen LogP contribution in [0.4, 0.5) is 0 Å². The lowest BCUT2D eigenvalue weighted by Crippen LogP contribution is -2.16. The van der Waals surface area contributed by atoms with Gasteiger partial charge in [0.1, 0.15) is 6.07 Å². The van der Waals surface area contributed by atoms with E-state index in [9.17, 15) is 13.2 Å². The van der Waals surface area contributed by atoms with E-state index in [4.69, 9.17) is 9.81 Å². The molecule has 1 atom stereocenters. The molecule has 1 aliphatic rings. The van der Waals surface area contributed by atoms with Gasteiger partial charge in [-0.05, 0) is 6.08 Å². The first-order valence-electron chi connectivity index (χ1n) is 3.72. The predicted molar refractivity (Wildman–Crippen MR) is 47.7 cm³/mol. The van der Waals surface area contributed by atoms with Gasteiger partial charge in [0.15, 0.2) is 5.78 Å². The van der Waals surface area contributed by atoms with Gasteiger partial charge in [-0.2, -0.15) is 13.7 Å². The number of nitrogens with zero attached hydrogens (tertiary/aromatic N) is 1. The smallest absolute Gasteiger partial charge is 0.265 e. The molecule has 0 amide bonds. The number of carbonyl (C=O) groups is 1. The topological polar surface area (TPSA) is 95.2 Å². The third-order valence-electron chi connectivity index (χ3n) is 1.66. The van der Waals surface area contributed by atoms with Crippen molar-refractivity contribution in [2.75, 3.05) is 5.75 Å². The van der Waals surface area contributed by atoms with Gasteiger partial charge in [0.25, 0.3) is 10.1 Å². The van der Waals surface area contributed by atoms with Crippen molar-refractivity contribution in [1.29, 1.82) is 5.26 Å². The summed E-state index contributed by atoms with van der Waals surface area (Å²) in [6.07, 6.45) is 3.71. The van der Waals surface area contributed by atoms with Crippen LogP contribution in [-0.2, 0) is 14.9 Å². The zero-order valence-electron chi connectivity index (χ0n) is 7.04. The van der Waals surface area contributed by atoms with E-state index < -0.39 is 27.6 Å². The first kappa shape index (κ1) is 10.6. The molecule has 6 heteroatoms. The van der Waals surface area contributed by atoms with E-state index in [-0.39, 0.29) is 5.57 Å². The van der Waals surface area contributed by atoms with Gasteiger partial charge in [0, 0.05) is 5.92 Å². The first-order valence-corrected chi connectivity index (χ1v) is 5.33. The standard InChI is InChI=1S/C8H7NO4S/c9-4-7-3-6(1-2-8(7)10)5-14(11,12)13/h1-3,6H,5H2,(H,11,12,13). The van der Waals surface area contributed by atoms with Gasteiger partial charge in [0.05, 0.1) is 11.3 Å². The fraction of sp³-hybridized carbons (Fsp3) is 0.250.